The van der Waals surface area contributed by atoms with Crippen LogP contribution >= 0.6 is 0 Å². The molecule has 1 aliphatic carbocycles. The minimum atomic E-state index is -4.50. The number of hydrogen-bond donors (Lipinski definition) is 3. The number of carbonyl (C=O) groups is 1. The lowest BCUT2D eigenvalue weighted by molar-refractivity contribution is -0.173. The molecule has 2 aliphatic rings. The normalized spacial score (nSPS) is 25.1. The van der Waals surface area contributed by atoms with Crippen molar-refractivity contribution in [2.45, 2.75) is 37.4 Å². The Morgan fingerprint density at radius 3 is 2.20 bits per heavy atom. The van der Waals surface area contributed by atoms with Crippen molar-refractivity contribution in [2.24, 2.45) is 16.3 Å². The molecule has 0 aromatic rings. The zero-order valence-corrected chi connectivity index (χ0v) is 10.7. The largest absolute Gasteiger partial charge is 0.411 e. The van der Waals surface area contributed by atoms with E-state index in [1.165, 1.54) is 0 Å². The molecule has 1 aliphatic heterocycles. The number of halogens is 3. The number of amidine groups is 1. The number of oxime groups is 1. The van der Waals surface area contributed by atoms with Crippen molar-refractivity contribution in [3.63, 3.8) is 0 Å². The van der Waals surface area contributed by atoms with Crippen molar-refractivity contribution in [2.75, 3.05) is 13.2 Å². The SMILES string of the molecule is NC(=NO)C1(C(=O)NC2(C(F)(F)F)CC2)CCOCC1. The predicted octanol–water partition coefficient (Wildman–Crippen LogP) is 0.741. The molecule has 2 rings (SSSR count). The van der Waals surface area contributed by atoms with Crippen LogP contribution in [0.4, 0.5) is 13.2 Å². The van der Waals surface area contributed by atoms with E-state index in [4.69, 9.17) is 15.7 Å². The topological polar surface area (TPSA) is 96.9 Å². The monoisotopic (exact) mass is 295 g/mol. The molecule has 0 radical (unpaired) electrons. The Morgan fingerprint density at radius 1 is 1.25 bits per heavy atom. The van der Waals surface area contributed by atoms with Crippen LogP contribution in [0.2, 0.25) is 0 Å². The van der Waals surface area contributed by atoms with Crippen molar-refractivity contribution in [3.8, 4) is 0 Å². The van der Waals surface area contributed by atoms with Crippen LogP contribution in [0.1, 0.15) is 25.7 Å². The summed E-state index contributed by atoms with van der Waals surface area (Å²) in [5.74, 6) is -1.23. The average Bonchev–Trinajstić information content (AvgIpc) is 3.19. The molecular formula is C11H16F3N3O3. The van der Waals surface area contributed by atoms with Gasteiger partial charge in [-0.25, -0.2) is 0 Å². The molecule has 0 unspecified atom stereocenters. The minimum Gasteiger partial charge on any atom is -0.409 e. The van der Waals surface area contributed by atoms with E-state index in [1.807, 2.05) is 5.32 Å². The van der Waals surface area contributed by atoms with Crippen LogP contribution in [0.15, 0.2) is 5.16 Å². The third kappa shape index (κ3) is 2.30. The Labute approximate surface area is 113 Å². The number of carbonyl (C=O) groups excluding carboxylic acids is 1. The lowest BCUT2D eigenvalue weighted by Crippen LogP contribution is -2.58. The van der Waals surface area contributed by atoms with Crippen LogP contribution in [0, 0.1) is 5.41 Å². The summed E-state index contributed by atoms with van der Waals surface area (Å²) in [5.41, 5.74) is 1.94. The van der Waals surface area contributed by atoms with Gasteiger partial charge in [0.2, 0.25) is 5.91 Å². The summed E-state index contributed by atoms with van der Waals surface area (Å²) < 4.78 is 43.7. The number of nitrogens with zero attached hydrogens (tertiary/aromatic N) is 1. The third-order valence-corrected chi connectivity index (χ3v) is 4.02. The summed E-state index contributed by atoms with van der Waals surface area (Å²) in [6.45, 7) is 0.339. The highest BCUT2D eigenvalue weighted by Crippen LogP contribution is 2.49. The number of hydrogen-bond acceptors (Lipinski definition) is 4. The van der Waals surface area contributed by atoms with Gasteiger partial charge in [-0.1, -0.05) is 5.16 Å². The molecule has 4 N–H and O–H groups in total. The number of nitrogens with two attached hydrogens (primary N) is 1. The smallest absolute Gasteiger partial charge is 0.409 e. The second kappa shape index (κ2) is 4.80. The molecule has 114 valence electrons. The second-order valence-corrected chi connectivity index (χ2v) is 5.21. The van der Waals surface area contributed by atoms with Gasteiger partial charge < -0.3 is 21.0 Å². The van der Waals surface area contributed by atoms with Crippen molar-refractivity contribution >= 4 is 11.7 Å². The maximum Gasteiger partial charge on any atom is 0.411 e. The van der Waals surface area contributed by atoms with E-state index in [-0.39, 0.29) is 44.7 Å². The molecule has 1 heterocycles. The molecule has 0 aromatic heterocycles. The number of amides is 1. The van der Waals surface area contributed by atoms with Crippen LogP contribution < -0.4 is 11.1 Å². The molecular weight excluding hydrogens is 279 g/mol. The summed E-state index contributed by atoms with van der Waals surface area (Å²) in [6.07, 6.45) is -4.62. The maximum absolute atomic E-state index is 12.9. The van der Waals surface area contributed by atoms with E-state index in [0.29, 0.717) is 0 Å². The summed E-state index contributed by atoms with van der Waals surface area (Å²) in [7, 11) is 0. The van der Waals surface area contributed by atoms with Gasteiger partial charge in [0.15, 0.2) is 5.84 Å². The first-order valence-corrected chi connectivity index (χ1v) is 6.22. The Morgan fingerprint density at radius 2 is 1.80 bits per heavy atom. The fourth-order valence-electron chi connectivity index (χ4n) is 2.36. The van der Waals surface area contributed by atoms with Crippen LogP contribution in [0.5, 0.6) is 0 Å². The van der Waals surface area contributed by atoms with Gasteiger partial charge in [0.05, 0.1) is 0 Å². The summed E-state index contributed by atoms with van der Waals surface area (Å²) in [4.78, 5) is 12.3. The Bertz CT molecular complexity index is 426. The average molecular weight is 295 g/mol. The highest BCUT2D eigenvalue weighted by Gasteiger charge is 2.65. The van der Waals surface area contributed by atoms with Crippen LogP contribution in [-0.4, -0.2) is 41.9 Å². The highest BCUT2D eigenvalue weighted by atomic mass is 19.4. The third-order valence-electron chi connectivity index (χ3n) is 4.02. The molecule has 1 saturated heterocycles. The number of nitrogens with one attached hydrogen (secondary N) is 1. The molecule has 0 bridgehead atoms. The zero-order chi connectivity index (χ0) is 15.0. The van der Waals surface area contributed by atoms with Crippen molar-refractivity contribution < 1.29 is 27.9 Å². The standard InChI is InChI=1S/C11H16F3N3O3/c12-11(13,14)10(1-2-10)16-8(18)9(7(15)17-19)3-5-20-6-4-9/h19H,1-6H2,(H2,15,17)(H,16,18). The molecule has 20 heavy (non-hydrogen) atoms. The van der Waals surface area contributed by atoms with Gasteiger partial charge >= 0.3 is 6.18 Å². The Kier molecular flexibility index (Phi) is 3.57. The Hall–Kier alpha value is -1.51. The number of alkyl halides is 3. The first-order valence-electron chi connectivity index (χ1n) is 6.22. The van der Waals surface area contributed by atoms with Gasteiger partial charge in [-0.05, 0) is 25.7 Å². The molecule has 1 amide bonds. The van der Waals surface area contributed by atoms with Crippen LogP contribution in [-0.2, 0) is 9.53 Å². The molecule has 1 saturated carbocycles. The lowest BCUT2D eigenvalue weighted by Gasteiger charge is -2.36. The number of rotatable bonds is 3. The van der Waals surface area contributed by atoms with Crippen molar-refractivity contribution in [1.29, 1.82) is 0 Å². The van der Waals surface area contributed by atoms with E-state index >= 15 is 0 Å². The molecule has 0 atom stereocenters. The molecule has 0 aromatic carbocycles. The number of ether oxygens (including phenoxy) is 1. The van der Waals surface area contributed by atoms with Gasteiger partial charge in [0, 0.05) is 13.2 Å². The van der Waals surface area contributed by atoms with E-state index in [1.54, 1.807) is 0 Å². The van der Waals surface area contributed by atoms with E-state index < -0.39 is 23.0 Å². The van der Waals surface area contributed by atoms with Crippen molar-refractivity contribution in [1.82, 2.24) is 5.32 Å². The molecule has 9 heteroatoms. The van der Waals surface area contributed by atoms with E-state index in [0.717, 1.165) is 0 Å². The lowest BCUT2D eigenvalue weighted by atomic mass is 9.78. The van der Waals surface area contributed by atoms with Crippen molar-refractivity contribution in [3.05, 3.63) is 0 Å². The zero-order valence-electron chi connectivity index (χ0n) is 10.7. The van der Waals surface area contributed by atoms with Crippen LogP contribution in [0.3, 0.4) is 0 Å². The highest BCUT2D eigenvalue weighted by molar-refractivity contribution is 6.07. The molecule has 2 fully saturated rings. The molecule has 0 spiro atoms. The quantitative estimate of drug-likeness (QED) is 0.310. The predicted molar refractivity (Wildman–Crippen MR) is 62.1 cm³/mol. The first-order chi connectivity index (χ1) is 9.27. The summed E-state index contributed by atoms with van der Waals surface area (Å²) >= 11 is 0. The Balaban J connectivity index is 2.21. The second-order valence-electron chi connectivity index (χ2n) is 5.21. The van der Waals surface area contributed by atoms with Gasteiger partial charge in [-0.2, -0.15) is 13.2 Å². The van der Waals surface area contributed by atoms with E-state index in [2.05, 4.69) is 5.16 Å². The maximum atomic E-state index is 12.9. The fraction of sp³-hybridized carbons (Fsp3) is 0.818. The van der Waals surface area contributed by atoms with E-state index in [9.17, 15) is 18.0 Å². The summed E-state index contributed by atoms with van der Waals surface area (Å²) in [5, 5.41) is 13.7. The minimum absolute atomic E-state index is 0.0860. The van der Waals surface area contributed by atoms with Crippen LogP contribution in [0.25, 0.3) is 0 Å². The summed E-state index contributed by atoms with van der Waals surface area (Å²) in [6, 6.07) is 0. The first kappa shape index (κ1) is 14.9. The van der Waals surface area contributed by atoms with Gasteiger partial charge in [0.1, 0.15) is 11.0 Å². The fourth-order valence-corrected chi connectivity index (χ4v) is 2.36. The van der Waals surface area contributed by atoms with Gasteiger partial charge in [-0.15, -0.1) is 0 Å². The van der Waals surface area contributed by atoms with Gasteiger partial charge in [0.25, 0.3) is 0 Å². The van der Waals surface area contributed by atoms with Gasteiger partial charge in [-0.3, -0.25) is 4.79 Å². The molecule has 6 nitrogen and oxygen atoms in total.